The van der Waals surface area contributed by atoms with Crippen LogP contribution >= 0.6 is 0 Å². The zero-order chi connectivity index (χ0) is 37.1. The van der Waals surface area contributed by atoms with Crippen LogP contribution in [0.25, 0.3) is 54.6 Å². The van der Waals surface area contributed by atoms with Crippen LogP contribution in [-0.2, 0) is 5.41 Å². The minimum atomic E-state index is -0.497. The lowest BCUT2D eigenvalue weighted by Gasteiger charge is -2.35. The van der Waals surface area contributed by atoms with Crippen LogP contribution in [-0.4, -0.2) is 0 Å². The van der Waals surface area contributed by atoms with Crippen molar-refractivity contribution < 1.29 is 0 Å². The number of benzene rings is 10. The lowest BCUT2D eigenvalue weighted by Crippen LogP contribution is -2.28. The van der Waals surface area contributed by atoms with Crippen molar-refractivity contribution in [2.24, 2.45) is 0 Å². The highest BCUT2D eigenvalue weighted by atomic mass is 15.1. The highest BCUT2D eigenvalue weighted by Gasteiger charge is 2.46. The lowest BCUT2D eigenvalue weighted by molar-refractivity contribution is 0.768. The van der Waals surface area contributed by atoms with E-state index in [-0.39, 0.29) is 0 Å². The van der Waals surface area contributed by atoms with E-state index >= 15 is 0 Å². The van der Waals surface area contributed by atoms with Gasteiger partial charge in [0.05, 0.1) is 5.41 Å². The SMILES string of the molecule is c1ccc(-c2cccc(N(c3ccc4c(c3)C(c3ccccc3)(c3ccccc3)c3ccccc3-4)c3ccc4ccc5c6ccccc6ccc5c4c3)c2)cc1. The van der Waals surface area contributed by atoms with E-state index in [0.29, 0.717) is 0 Å². The molecular formula is C55H37N. The van der Waals surface area contributed by atoms with E-state index in [1.807, 2.05) is 0 Å². The molecule has 0 spiro atoms. The number of fused-ring (bicyclic) bond motifs is 8. The molecule has 0 aliphatic heterocycles. The van der Waals surface area contributed by atoms with Crippen LogP contribution in [0.3, 0.4) is 0 Å². The average Bonchev–Trinajstić information content (AvgIpc) is 3.57. The highest BCUT2D eigenvalue weighted by Crippen LogP contribution is 2.57. The Morgan fingerprint density at radius 1 is 0.286 bits per heavy atom. The molecule has 0 bridgehead atoms. The van der Waals surface area contributed by atoms with Crippen LogP contribution in [0.2, 0.25) is 0 Å². The predicted octanol–water partition coefficient (Wildman–Crippen LogP) is 14.6. The van der Waals surface area contributed by atoms with Gasteiger partial charge in [0.25, 0.3) is 0 Å². The van der Waals surface area contributed by atoms with Gasteiger partial charge in [0, 0.05) is 17.1 Å². The molecule has 0 amide bonds. The van der Waals surface area contributed by atoms with Crippen LogP contribution in [0.4, 0.5) is 17.1 Å². The van der Waals surface area contributed by atoms with Gasteiger partial charge < -0.3 is 4.90 Å². The highest BCUT2D eigenvalue weighted by molar-refractivity contribution is 6.17. The van der Waals surface area contributed by atoms with E-state index in [4.69, 9.17) is 0 Å². The molecule has 0 radical (unpaired) electrons. The van der Waals surface area contributed by atoms with Crippen molar-refractivity contribution in [3.05, 3.63) is 247 Å². The standard InChI is InChI=1S/C55H37N/c1-4-15-38(16-5-1)41-18-14-23-44(35-41)56(45-30-27-40-29-32-48-47-24-11-10-17-39(47)28-33-49(48)52(40)36-45)46-31-34-51-50-25-12-13-26-53(50)55(54(51)37-46,42-19-6-2-7-20-42)43-21-8-3-9-22-43/h1-37H. The monoisotopic (exact) mass is 711 g/mol. The summed E-state index contributed by atoms with van der Waals surface area (Å²) in [6.45, 7) is 0. The molecule has 0 atom stereocenters. The second-order valence-electron chi connectivity index (χ2n) is 14.9. The lowest BCUT2D eigenvalue weighted by atomic mass is 9.67. The molecule has 56 heavy (non-hydrogen) atoms. The van der Waals surface area contributed by atoms with Gasteiger partial charge in [0.15, 0.2) is 0 Å². The predicted molar refractivity (Wildman–Crippen MR) is 236 cm³/mol. The summed E-state index contributed by atoms with van der Waals surface area (Å²) in [5.41, 5.74) is 12.9. The second-order valence-corrected chi connectivity index (χ2v) is 14.9. The smallest absolute Gasteiger partial charge is 0.0714 e. The summed E-state index contributed by atoms with van der Waals surface area (Å²) in [6, 6.07) is 82.7. The van der Waals surface area contributed by atoms with Crippen molar-refractivity contribution in [1.82, 2.24) is 0 Å². The van der Waals surface area contributed by atoms with Crippen LogP contribution < -0.4 is 4.90 Å². The van der Waals surface area contributed by atoms with E-state index in [2.05, 4.69) is 229 Å². The molecule has 10 aromatic rings. The molecule has 262 valence electrons. The van der Waals surface area contributed by atoms with Crippen molar-refractivity contribution in [2.75, 3.05) is 4.90 Å². The molecule has 1 heteroatoms. The third-order valence-corrected chi connectivity index (χ3v) is 11.9. The fraction of sp³-hybridized carbons (Fsp3) is 0.0182. The molecule has 10 aromatic carbocycles. The number of nitrogens with zero attached hydrogens (tertiary/aromatic N) is 1. The largest absolute Gasteiger partial charge is 0.310 e. The summed E-state index contributed by atoms with van der Waals surface area (Å²) in [7, 11) is 0. The van der Waals surface area contributed by atoms with Gasteiger partial charge in [-0.3, -0.25) is 0 Å². The molecular weight excluding hydrogens is 675 g/mol. The normalized spacial score (nSPS) is 12.8. The molecule has 0 unspecified atom stereocenters. The maximum absolute atomic E-state index is 2.46. The van der Waals surface area contributed by atoms with Crippen molar-refractivity contribution >= 4 is 49.4 Å². The first-order valence-corrected chi connectivity index (χ1v) is 19.4. The Labute approximate surface area is 327 Å². The van der Waals surface area contributed by atoms with Gasteiger partial charge in [-0.05, 0) is 113 Å². The van der Waals surface area contributed by atoms with E-state index in [0.717, 1.165) is 17.1 Å². The van der Waals surface area contributed by atoms with Gasteiger partial charge in [0.2, 0.25) is 0 Å². The Balaban J connectivity index is 1.19. The Kier molecular flexibility index (Phi) is 7.47. The minimum Gasteiger partial charge on any atom is -0.310 e. The zero-order valence-corrected chi connectivity index (χ0v) is 30.8. The summed E-state index contributed by atoms with van der Waals surface area (Å²) in [5, 5.41) is 7.54. The molecule has 0 aromatic heterocycles. The summed E-state index contributed by atoms with van der Waals surface area (Å²) in [5.74, 6) is 0. The van der Waals surface area contributed by atoms with E-state index in [9.17, 15) is 0 Å². The van der Waals surface area contributed by atoms with Crippen molar-refractivity contribution in [1.29, 1.82) is 0 Å². The molecule has 0 saturated heterocycles. The summed E-state index contributed by atoms with van der Waals surface area (Å²) < 4.78 is 0. The minimum absolute atomic E-state index is 0.497. The number of hydrogen-bond donors (Lipinski definition) is 0. The Morgan fingerprint density at radius 2 is 0.821 bits per heavy atom. The summed E-state index contributed by atoms with van der Waals surface area (Å²) in [6.07, 6.45) is 0. The van der Waals surface area contributed by atoms with Crippen LogP contribution in [0, 0.1) is 0 Å². The molecule has 1 aliphatic rings. The molecule has 1 aliphatic carbocycles. The molecule has 0 heterocycles. The molecule has 1 nitrogen and oxygen atoms in total. The quantitative estimate of drug-likeness (QED) is 0.155. The van der Waals surface area contributed by atoms with Gasteiger partial charge in [-0.25, -0.2) is 0 Å². The summed E-state index contributed by atoms with van der Waals surface area (Å²) >= 11 is 0. The van der Waals surface area contributed by atoms with E-state index < -0.39 is 5.41 Å². The van der Waals surface area contributed by atoms with Gasteiger partial charge in [-0.15, -0.1) is 0 Å². The second kappa shape index (κ2) is 13.0. The number of anilines is 3. The number of hydrogen-bond acceptors (Lipinski definition) is 1. The van der Waals surface area contributed by atoms with Crippen LogP contribution in [0.5, 0.6) is 0 Å². The topological polar surface area (TPSA) is 3.24 Å². The van der Waals surface area contributed by atoms with Crippen molar-refractivity contribution in [3.63, 3.8) is 0 Å². The molecule has 0 saturated carbocycles. The maximum Gasteiger partial charge on any atom is 0.0714 e. The van der Waals surface area contributed by atoms with Gasteiger partial charge in [-0.1, -0.05) is 188 Å². The Bertz CT molecular complexity index is 3030. The maximum atomic E-state index is 2.46. The number of rotatable bonds is 6. The average molecular weight is 712 g/mol. The first kappa shape index (κ1) is 32.2. The van der Waals surface area contributed by atoms with Crippen LogP contribution in [0.1, 0.15) is 22.3 Å². The zero-order valence-electron chi connectivity index (χ0n) is 30.8. The van der Waals surface area contributed by atoms with E-state index in [1.54, 1.807) is 0 Å². The third kappa shape index (κ3) is 4.95. The van der Waals surface area contributed by atoms with Gasteiger partial charge in [-0.2, -0.15) is 0 Å². The Hall–Kier alpha value is -7.22. The summed E-state index contributed by atoms with van der Waals surface area (Å²) in [4.78, 5) is 2.45. The molecule has 0 fully saturated rings. The van der Waals surface area contributed by atoms with Crippen molar-refractivity contribution in [2.45, 2.75) is 5.41 Å². The first-order valence-electron chi connectivity index (χ1n) is 19.4. The third-order valence-electron chi connectivity index (χ3n) is 11.9. The van der Waals surface area contributed by atoms with Crippen molar-refractivity contribution in [3.8, 4) is 22.3 Å². The fourth-order valence-corrected chi connectivity index (χ4v) is 9.42. The van der Waals surface area contributed by atoms with Crippen LogP contribution in [0.15, 0.2) is 224 Å². The van der Waals surface area contributed by atoms with E-state index in [1.165, 1.54) is 76.8 Å². The fourth-order valence-electron chi connectivity index (χ4n) is 9.42. The molecule has 11 rings (SSSR count). The first-order chi connectivity index (χ1) is 27.8. The van der Waals surface area contributed by atoms with Gasteiger partial charge >= 0.3 is 0 Å². The van der Waals surface area contributed by atoms with Gasteiger partial charge in [0.1, 0.15) is 0 Å². The molecule has 0 N–H and O–H groups in total. The Morgan fingerprint density at radius 3 is 1.59 bits per heavy atom.